The Kier molecular flexibility index (Phi) is 9.65. The quantitative estimate of drug-likeness (QED) is 0.248. The maximum absolute atomic E-state index is 11.2. The van der Waals surface area contributed by atoms with E-state index in [-0.39, 0.29) is 48.9 Å². The smallest absolute Gasteiger partial charge is 0.264 e. The van der Waals surface area contributed by atoms with Crippen LogP contribution < -0.4 is 14.2 Å². The summed E-state index contributed by atoms with van der Waals surface area (Å²) in [6.07, 6.45) is 1.26. The summed E-state index contributed by atoms with van der Waals surface area (Å²) in [5.74, 6) is -0.540. The zero-order valence-electron chi connectivity index (χ0n) is 15.4. The highest BCUT2D eigenvalue weighted by atomic mass is 32.2. The van der Waals surface area contributed by atoms with E-state index in [1.807, 2.05) is 6.92 Å². The first-order chi connectivity index (χ1) is 13.1. The van der Waals surface area contributed by atoms with E-state index >= 15 is 0 Å². The average molecular weight is 440 g/mol. The summed E-state index contributed by atoms with van der Waals surface area (Å²) >= 11 is 0. The van der Waals surface area contributed by atoms with Gasteiger partial charge in [-0.25, -0.2) is 0 Å². The molecule has 0 saturated carbocycles. The topological polar surface area (TPSA) is 154 Å². The van der Waals surface area contributed by atoms with Crippen molar-refractivity contribution in [3.05, 3.63) is 17.7 Å². The Morgan fingerprint density at radius 2 is 1.32 bits per heavy atom. The lowest BCUT2D eigenvalue weighted by molar-refractivity contribution is 0.112. The Labute approximate surface area is 164 Å². The molecule has 160 valence electrons. The first kappa shape index (κ1) is 24.1. The molecule has 0 aromatic heterocycles. The van der Waals surface area contributed by atoms with Crippen molar-refractivity contribution in [2.45, 2.75) is 26.2 Å². The van der Waals surface area contributed by atoms with Crippen LogP contribution in [0.25, 0.3) is 0 Å². The minimum Gasteiger partial charge on any atom is -0.490 e. The summed E-state index contributed by atoms with van der Waals surface area (Å²) in [5, 5.41) is 0. The van der Waals surface area contributed by atoms with Crippen LogP contribution in [-0.4, -0.2) is 63.6 Å². The number of carbonyl (C=O) groups excluding carboxylic acids is 1. The van der Waals surface area contributed by atoms with Crippen LogP contribution in [0.3, 0.4) is 0 Å². The van der Waals surface area contributed by atoms with Gasteiger partial charge in [-0.1, -0.05) is 6.92 Å². The lowest BCUT2D eigenvalue weighted by Gasteiger charge is -2.17. The van der Waals surface area contributed by atoms with Gasteiger partial charge in [0.1, 0.15) is 6.29 Å². The third-order valence-corrected chi connectivity index (χ3v) is 4.85. The molecule has 2 N–H and O–H groups in total. The van der Waals surface area contributed by atoms with Gasteiger partial charge in [0.15, 0.2) is 11.5 Å². The molecule has 0 unspecified atom stereocenters. The first-order valence-electron chi connectivity index (χ1n) is 8.47. The van der Waals surface area contributed by atoms with Gasteiger partial charge < -0.3 is 14.2 Å². The average Bonchev–Trinajstić information content (AvgIpc) is 2.59. The molecular weight excluding hydrogens is 416 g/mol. The number of carbonyl (C=O) groups is 1. The summed E-state index contributed by atoms with van der Waals surface area (Å²) in [6.45, 7) is 2.04. The molecule has 0 spiro atoms. The standard InChI is InChI=1S/C16H24O10S2/c1-2-5-24-14-10-13(12-17)11-15(25-6-3-8-27(18,19)20)16(14)26-7-4-9-28(21,22)23/h10-12H,2-9H2,1H3,(H,18,19,20)(H,21,22,23). The fraction of sp³-hybridized carbons (Fsp3) is 0.562. The van der Waals surface area contributed by atoms with Gasteiger partial charge in [0.25, 0.3) is 20.2 Å². The van der Waals surface area contributed by atoms with Crippen LogP contribution in [0, 0.1) is 0 Å². The maximum atomic E-state index is 11.2. The molecular formula is C16H24O10S2. The van der Waals surface area contributed by atoms with Crippen molar-refractivity contribution in [3.8, 4) is 17.2 Å². The van der Waals surface area contributed by atoms with Crippen molar-refractivity contribution in [1.82, 2.24) is 0 Å². The molecule has 1 aromatic carbocycles. The van der Waals surface area contributed by atoms with E-state index in [0.29, 0.717) is 19.3 Å². The molecule has 0 aliphatic rings. The van der Waals surface area contributed by atoms with Crippen molar-refractivity contribution in [3.63, 3.8) is 0 Å². The van der Waals surface area contributed by atoms with Crippen molar-refractivity contribution >= 4 is 26.5 Å². The van der Waals surface area contributed by atoms with Crippen molar-refractivity contribution < 1.29 is 44.9 Å². The van der Waals surface area contributed by atoms with Crippen LogP contribution in [0.1, 0.15) is 36.5 Å². The largest absolute Gasteiger partial charge is 0.490 e. The second kappa shape index (κ2) is 11.2. The zero-order valence-corrected chi connectivity index (χ0v) is 17.0. The van der Waals surface area contributed by atoms with Gasteiger partial charge in [0.05, 0.1) is 31.3 Å². The first-order valence-corrected chi connectivity index (χ1v) is 11.7. The third kappa shape index (κ3) is 9.88. The Morgan fingerprint density at radius 1 is 0.857 bits per heavy atom. The summed E-state index contributed by atoms with van der Waals surface area (Å²) in [6, 6.07) is 2.81. The summed E-state index contributed by atoms with van der Waals surface area (Å²) in [7, 11) is -8.25. The number of benzene rings is 1. The second-order valence-corrected chi connectivity index (χ2v) is 8.93. The molecule has 10 nitrogen and oxygen atoms in total. The fourth-order valence-electron chi connectivity index (χ4n) is 2.07. The fourth-order valence-corrected chi connectivity index (χ4v) is 3.04. The molecule has 0 radical (unpaired) electrons. The van der Waals surface area contributed by atoms with Crippen molar-refractivity contribution in [1.29, 1.82) is 0 Å². The van der Waals surface area contributed by atoms with Gasteiger partial charge in [0.2, 0.25) is 5.75 Å². The van der Waals surface area contributed by atoms with Crippen molar-refractivity contribution in [2.75, 3.05) is 31.3 Å². The normalized spacial score (nSPS) is 11.8. The highest BCUT2D eigenvalue weighted by Gasteiger charge is 2.17. The van der Waals surface area contributed by atoms with E-state index in [0.717, 1.165) is 0 Å². The van der Waals surface area contributed by atoms with E-state index < -0.39 is 31.7 Å². The van der Waals surface area contributed by atoms with Gasteiger partial charge in [-0.2, -0.15) is 16.8 Å². The van der Waals surface area contributed by atoms with Crippen LogP contribution in [0.15, 0.2) is 12.1 Å². The molecule has 28 heavy (non-hydrogen) atoms. The molecule has 0 saturated heterocycles. The van der Waals surface area contributed by atoms with Crippen LogP contribution in [0.2, 0.25) is 0 Å². The van der Waals surface area contributed by atoms with E-state index in [2.05, 4.69) is 0 Å². The Hall–Kier alpha value is -1.89. The van der Waals surface area contributed by atoms with Crippen LogP contribution in [0.4, 0.5) is 0 Å². The molecule has 0 amide bonds. The van der Waals surface area contributed by atoms with Crippen LogP contribution >= 0.6 is 0 Å². The monoisotopic (exact) mass is 440 g/mol. The van der Waals surface area contributed by atoms with Gasteiger partial charge >= 0.3 is 0 Å². The Morgan fingerprint density at radius 3 is 1.75 bits per heavy atom. The molecule has 12 heteroatoms. The van der Waals surface area contributed by atoms with Gasteiger partial charge in [-0.3, -0.25) is 13.9 Å². The SMILES string of the molecule is CCCOc1cc(C=O)cc(OCCCS(=O)(=O)O)c1OCCCS(=O)(=O)O. The van der Waals surface area contributed by atoms with Crippen molar-refractivity contribution in [2.24, 2.45) is 0 Å². The molecule has 0 heterocycles. The summed E-state index contributed by atoms with van der Waals surface area (Å²) in [4.78, 5) is 11.2. The molecule has 1 rings (SSSR count). The number of ether oxygens (including phenoxy) is 3. The third-order valence-electron chi connectivity index (χ3n) is 3.24. The molecule has 0 aliphatic heterocycles. The molecule has 0 fully saturated rings. The highest BCUT2D eigenvalue weighted by Crippen LogP contribution is 2.39. The van der Waals surface area contributed by atoms with Crippen LogP contribution in [-0.2, 0) is 20.2 Å². The minimum absolute atomic E-state index is 0.00248. The molecule has 0 bridgehead atoms. The van der Waals surface area contributed by atoms with Gasteiger partial charge in [-0.05, 0) is 31.4 Å². The Bertz CT molecular complexity index is 846. The number of hydrogen-bond acceptors (Lipinski definition) is 8. The zero-order chi connectivity index (χ0) is 21.2. The highest BCUT2D eigenvalue weighted by molar-refractivity contribution is 7.86. The molecule has 0 atom stereocenters. The lowest BCUT2D eigenvalue weighted by Crippen LogP contribution is -2.12. The van der Waals surface area contributed by atoms with E-state index in [1.165, 1.54) is 12.1 Å². The van der Waals surface area contributed by atoms with E-state index in [1.54, 1.807) is 0 Å². The minimum atomic E-state index is -4.13. The van der Waals surface area contributed by atoms with Gasteiger partial charge in [0, 0.05) is 5.56 Å². The van der Waals surface area contributed by atoms with Crippen LogP contribution in [0.5, 0.6) is 17.2 Å². The predicted octanol–water partition coefficient (Wildman–Crippen LogP) is 1.60. The summed E-state index contributed by atoms with van der Waals surface area (Å²) in [5.41, 5.74) is 0.237. The number of aldehydes is 1. The van der Waals surface area contributed by atoms with Gasteiger partial charge in [-0.15, -0.1) is 0 Å². The second-order valence-electron chi connectivity index (χ2n) is 5.79. The van der Waals surface area contributed by atoms with E-state index in [4.69, 9.17) is 23.3 Å². The molecule has 1 aromatic rings. The predicted molar refractivity (Wildman–Crippen MR) is 101 cm³/mol. The number of rotatable bonds is 14. The summed E-state index contributed by atoms with van der Waals surface area (Å²) < 4.78 is 77.3. The number of hydrogen-bond donors (Lipinski definition) is 2. The van der Waals surface area contributed by atoms with E-state index in [9.17, 15) is 21.6 Å². The lowest BCUT2D eigenvalue weighted by atomic mass is 10.2. The Balaban J connectivity index is 2.98. The molecule has 0 aliphatic carbocycles. The maximum Gasteiger partial charge on any atom is 0.264 e.